The van der Waals surface area contributed by atoms with Gasteiger partial charge in [0.05, 0.1) is 23.4 Å². The number of nitrogens with zero attached hydrogens (tertiary/aromatic N) is 5. The van der Waals surface area contributed by atoms with Crippen LogP contribution >= 0.6 is 11.3 Å². The minimum Gasteiger partial charge on any atom is -0.302 e. The molecule has 0 saturated heterocycles. The van der Waals surface area contributed by atoms with Crippen LogP contribution in [0.2, 0.25) is 0 Å². The van der Waals surface area contributed by atoms with Gasteiger partial charge in [-0.2, -0.15) is 13.2 Å². The van der Waals surface area contributed by atoms with Crippen LogP contribution in [0, 0.1) is 0 Å². The first-order valence-corrected chi connectivity index (χ1v) is 10.3. The fraction of sp³-hybridized carbons (Fsp3) is 0.200. The maximum atomic E-state index is 13.0. The third-order valence-electron chi connectivity index (χ3n) is 4.88. The van der Waals surface area contributed by atoms with Crippen LogP contribution in [-0.4, -0.2) is 30.0 Å². The van der Waals surface area contributed by atoms with Gasteiger partial charge in [0.25, 0.3) is 5.56 Å². The fourth-order valence-corrected chi connectivity index (χ4v) is 3.96. The topological polar surface area (TPSA) is 112 Å². The van der Waals surface area contributed by atoms with Gasteiger partial charge in [-0.15, -0.1) is 11.3 Å². The third-order valence-corrected chi connectivity index (χ3v) is 5.64. The number of amides is 1. The van der Waals surface area contributed by atoms with E-state index in [9.17, 15) is 27.6 Å². The van der Waals surface area contributed by atoms with Gasteiger partial charge in [0.1, 0.15) is 11.7 Å². The average molecular weight is 476 g/mol. The molecular weight excluding hydrogens is 461 g/mol. The molecule has 3 heterocycles. The molecule has 170 valence electrons. The standard InChI is InChI=1S/C20H15F3N6O3S/c1-28-16-15(17(31)29(2)19(28)32)12(24-9-25-16)7-14(30)27-18-26-13(8-33-18)10-4-3-5-11(6-10)20(21,22)23/h3-6,8-9H,7H2,1-2H3,(H,26,27,30). The molecule has 0 saturated carbocycles. The molecule has 9 nitrogen and oxygen atoms in total. The van der Waals surface area contributed by atoms with Crippen LogP contribution in [0.3, 0.4) is 0 Å². The van der Waals surface area contributed by atoms with E-state index < -0.39 is 28.9 Å². The number of anilines is 1. The number of carbonyl (C=O) groups is 1. The first-order valence-electron chi connectivity index (χ1n) is 9.39. The quantitative estimate of drug-likeness (QED) is 0.484. The van der Waals surface area contributed by atoms with Crippen molar-refractivity contribution in [3.63, 3.8) is 0 Å². The summed E-state index contributed by atoms with van der Waals surface area (Å²) in [5.74, 6) is -0.546. The molecule has 0 aliphatic carbocycles. The smallest absolute Gasteiger partial charge is 0.302 e. The Labute approximate surface area is 187 Å². The zero-order chi connectivity index (χ0) is 23.9. The van der Waals surface area contributed by atoms with E-state index in [2.05, 4.69) is 20.3 Å². The molecule has 0 aliphatic rings. The molecule has 0 fully saturated rings. The Bertz CT molecular complexity index is 1510. The molecular formula is C20H15F3N6O3S. The van der Waals surface area contributed by atoms with Gasteiger partial charge in [0, 0.05) is 25.0 Å². The van der Waals surface area contributed by atoms with Crippen LogP contribution in [0.15, 0.2) is 45.6 Å². The van der Waals surface area contributed by atoms with Gasteiger partial charge < -0.3 is 5.32 Å². The largest absolute Gasteiger partial charge is 0.416 e. The Hall–Kier alpha value is -3.87. The zero-order valence-corrected chi connectivity index (χ0v) is 18.0. The highest BCUT2D eigenvalue weighted by atomic mass is 32.1. The Morgan fingerprint density at radius 2 is 1.91 bits per heavy atom. The van der Waals surface area contributed by atoms with Crippen molar-refractivity contribution in [3.05, 3.63) is 68.1 Å². The van der Waals surface area contributed by atoms with Crippen LogP contribution in [0.1, 0.15) is 11.3 Å². The number of carbonyl (C=O) groups excluding carboxylic acids is 1. The zero-order valence-electron chi connectivity index (χ0n) is 17.2. The van der Waals surface area contributed by atoms with E-state index >= 15 is 0 Å². The van der Waals surface area contributed by atoms with E-state index in [-0.39, 0.29) is 39.5 Å². The van der Waals surface area contributed by atoms with Crippen molar-refractivity contribution in [1.29, 1.82) is 0 Å². The maximum Gasteiger partial charge on any atom is 0.416 e. The number of thiazole rings is 1. The molecule has 1 aromatic carbocycles. The number of halogens is 3. The van der Waals surface area contributed by atoms with Gasteiger partial charge >= 0.3 is 11.9 Å². The molecule has 0 aliphatic heterocycles. The van der Waals surface area contributed by atoms with Crippen molar-refractivity contribution in [2.24, 2.45) is 14.1 Å². The lowest BCUT2D eigenvalue weighted by molar-refractivity contribution is -0.137. The number of aryl methyl sites for hydroxylation is 1. The summed E-state index contributed by atoms with van der Waals surface area (Å²) in [6.07, 6.45) is -3.63. The lowest BCUT2D eigenvalue weighted by atomic mass is 10.1. The molecule has 1 N–H and O–H groups in total. The molecule has 33 heavy (non-hydrogen) atoms. The Morgan fingerprint density at radius 3 is 2.64 bits per heavy atom. The lowest BCUT2D eigenvalue weighted by Crippen LogP contribution is -2.38. The van der Waals surface area contributed by atoms with Crippen LogP contribution in [0.5, 0.6) is 0 Å². The van der Waals surface area contributed by atoms with E-state index in [1.165, 1.54) is 36.2 Å². The van der Waals surface area contributed by atoms with E-state index in [1.54, 1.807) is 0 Å². The number of fused-ring (bicyclic) bond motifs is 1. The highest BCUT2D eigenvalue weighted by molar-refractivity contribution is 7.14. The van der Waals surface area contributed by atoms with Gasteiger partial charge in [-0.1, -0.05) is 12.1 Å². The molecule has 0 unspecified atom stereocenters. The van der Waals surface area contributed by atoms with Gasteiger partial charge in [0.2, 0.25) is 5.91 Å². The first-order chi connectivity index (χ1) is 15.6. The molecule has 1 amide bonds. The van der Waals surface area contributed by atoms with Crippen LogP contribution < -0.4 is 16.6 Å². The number of hydrogen-bond acceptors (Lipinski definition) is 7. The molecule has 0 bridgehead atoms. The van der Waals surface area contributed by atoms with Crippen molar-refractivity contribution in [1.82, 2.24) is 24.1 Å². The van der Waals surface area contributed by atoms with Crippen molar-refractivity contribution in [3.8, 4) is 11.3 Å². The fourth-order valence-electron chi connectivity index (χ4n) is 3.22. The average Bonchev–Trinajstić information content (AvgIpc) is 3.24. The van der Waals surface area contributed by atoms with Crippen molar-refractivity contribution in [2.45, 2.75) is 12.6 Å². The first kappa shape index (κ1) is 22.3. The molecule has 0 atom stereocenters. The van der Waals surface area contributed by atoms with Gasteiger partial charge in [-0.05, 0) is 12.1 Å². The summed E-state index contributed by atoms with van der Waals surface area (Å²) >= 11 is 1.04. The predicted octanol–water partition coefficient (Wildman–Crippen LogP) is 2.35. The van der Waals surface area contributed by atoms with Gasteiger partial charge in [-0.25, -0.2) is 19.7 Å². The Balaban J connectivity index is 1.58. The molecule has 3 aromatic heterocycles. The highest BCUT2D eigenvalue weighted by Crippen LogP contribution is 2.33. The summed E-state index contributed by atoms with van der Waals surface area (Å²) < 4.78 is 40.9. The van der Waals surface area contributed by atoms with Crippen LogP contribution in [-0.2, 0) is 31.5 Å². The van der Waals surface area contributed by atoms with E-state index in [0.717, 1.165) is 34.4 Å². The van der Waals surface area contributed by atoms with E-state index in [1.807, 2.05) is 0 Å². The van der Waals surface area contributed by atoms with Gasteiger partial charge in [0.15, 0.2) is 10.8 Å². The number of aromatic nitrogens is 5. The maximum absolute atomic E-state index is 13.0. The minimum absolute atomic E-state index is 0.0426. The normalized spacial score (nSPS) is 11.7. The van der Waals surface area contributed by atoms with Crippen molar-refractivity contribution >= 4 is 33.4 Å². The summed E-state index contributed by atoms with van der Waals surface area (Å²) in [7, 11) is 2.76. The molecule has 0 spiro atoms. The van der Waals surface area contributed by atoms with Crippen molar-refractivity contribution < 1.29 is 18.0 Å². The van der Waals surface area contributed by atoms with E-state index in [0.29, 0.717) is 0 Å². The summed E-state index contributed by atoms with van der Waals surface area (Å²) in [6.45, 7) is 0. The molecule has 0 radical (unpaired) electrons. The second-order valence-corrected chi connectivity index (χ2v) is 7.92. The second kappa shape index (κ2) is 8.24. The summed E-state index contributed by atoms with van der Waals surface area (Å²) in [5, 5.41) is 4.30. The monoisotopic (exact) mass is 476 g/mol. The number of alkyl halides is 3. The predicted molar refractivity (Wildman–Crippen MR) is 115 cm³/mol. The second-order valence-electron chi connectivity index (χ2n) is 7.07. The SMILES string of the molecule is Cn1c(=O)c2c(CC(=O)Nc3nc(-c4cccc(C(F)(F)F)c4)cs3)ncnc2n(C)c1=O. The minimum atomic E-state index is -4.48. The van der Waals surface area contributed by atoms with Gasteiger partial charge in [-0.3, -0.25) is 18.7 Å². The van der Waals surface area contributed by atoms with Crippen molar-refractivity contribution in [2.75, 3.05) is 5.32 Å². The number of rotatable bonds is 4. The summed E-state index contributed by atoms with van der Waals surface area (Å²) in [6, 6.07) is 4.71. The Kier molecular flexibility index (Phi) is 5.57. The summed E-state index contributed by atoms with van der Waals surface area (Å²) in [4.78, 5) is 49.4. The summed E-state index contributed by atoms with van der Waals surface area (Å²) in [5.41, 5.74) is -1.23. The number of nitrogens with one attached hydrogen (secondary N) is 1. The molecule has 4 rings (SSSR count). The highest BCUT2D eigenvalue weighted by Gasteiger charge is 2.30. The lowest BCUT2D eigenvalue weighted by Gasteiger charge is -2.09. The third kappa shape index (κ3) is 4.26. The number of hydrogen-bond donors (Lipinski definition) is 1. The number of benzene rings is 1. The molecule has 13 heteroatoms. The van der Waals surface area contributed by atoms with E-state index in [4.69, 9.17) is 0 Å². The van der Waals surface area contributed by atoms with Crippen LogP contribution in [0.25, 0.3) is 22.3 Å². The molecule has 4 aromatic rings. The van der Waals surface area contributed by atoms with Crippen LogP contribution in [0.4, 0.5) is 18.3 Å². The Morgan fingerprint density at radius 1 is 1.15 bits per heavy atom.